The fourth-order valence-electron chi connectivity index (χ4n) is 2.32. The van der Waals surface area contributed by atoms with Crippen LogP contribution in [0.25, 0.3) is 16.9 Å². The minimum Gasteiger partial charge on any atom is -0.471 e. The molecule has 144 valence electrons. The summed E-state index contributed by atoms with van der Waals surface area (Å²) < 4.78 is 8.07. The summed E-state index contributed by atoms with van der Waals surface area (Å²) in [6, 6.07) is 3.86. The van der Waals surface area contributed by atoms with Gasteiger partial charge < -0.3 is 4.74 Å². The van der Waals surface area contributed by atoms with Crippen molar-refractivity contribution in [3.63, 3.8) is 0 Å². The van der Waals surface area contributed by atoms with Crippen LogP contribution in [0.1, 0.15) is 47.4 Å². The number of aromatic nitrogens is 5. The SMILES string of the molecule is CC(P)(P)c1nnc2cnc(-c3ccc(OC(C)(C)C(C)(C)C)nc3)cn12. The van der Waals surface area contributed by atoms with Crippen molar-refractivity contribution in [3.8, 4) is 17.1 Å². The van der Waals surface area contributed by atoms with E-state index in [4.69, 9.17) is 4.74 Å². The first kappa shape index (κ1) is 20.1. The van der Waals surface area contributed by atoms with Crippen molar-refractivity contribution in [2.75, 3.05) is 0 Å². The lowest BCUT2D eigenvalue weighted by Crippen LogP contribution is -2.42. The van der Waals surface area contributed by atoms with E-state index < -0.39 is 0 Å². The predicted molar refractivity (Wildman–Crippen MR) is 115 cm³/mol. The number of hydrogen-bond donors (Lipinski definition) is 0. The molecule has 0 aliphatic heterocycles. The summed E-state index contributed by atoms with van der Waals surface area (Å²) in [4.78, 5) is 8.71. The number of hydrogen-bond acceptors (Lipinski definition) is 5. The summed E-state index contributed by atoms with van der Waals surface area (Å²) in [5.74, 6) is 1.43. The summed E-state index contributed by atoms with van der Waals surface area (Å²) in [5.41, 5.74) is 2.08. The van der Waals surface area contributed by atoms with Crippen LogP contribution in [-0.2, 0) is 4.90 Å². The van der Waals surface area contributed by atoms with Crippen molar-refractivity contribution in [1.82, 2.24) is 24.6 Å². The van der Waals surface area contributed by atoms with Crippen LogP contribution in [0, 0.1) is 5.41 Å². The lowest BCUT2D eigenvalue weighted by atomic mass is 9.79. The molecule has 6 nitrogen and oxygen atoms in total. The van der Waals surface area contributed by atoms with Crippen molar-refractivity contribution in [2.24, 2.45) is 5.41 Å². The zero-order valence-electron chi connectivity index (χ0n) is 16.7. The number of pyridine rings is 1. The Morgan fingerprint density at radius 1 is 0.926 bits per heavy atom. The Kier molecular flexibility index (Phi) is 5.03. The molecule has 2 unspecified atom stereocenters. The van der Waals surface area contributed by atoms with Gasteiger partial charge in [-0.05, 0) is 26.8 Å². The van der Waals surface area contributed by atoms with Gasteiger partial charge in [0.15, 0.2) is 11.5 Å². The fourth-order valence-corrected chi connectivity index (χ4v) is 2.72. The van der Waals surface area contributed by atoms with Crippen LogP contribution in [0.2, 0.25) is 0 Å². The molecule has 2 atom stereocenters. The van der Waals surface area contributed by atoms with E-state index in [-0.39, 0.29) is 15.9 Å². The molecule has 0 spiro atoms. The average Bonchev–Trinajstić information content (AvgIpc) is 2.97. The number of fused-ring (bicyclic) bond motifs is 1. The molecule has 0 N–H and O–H groups in total. The minimum atomic E-state index is -0.335. The van der Waals surface area contributed by atoms with Crippen molar-refractivity contribution >= 4 is 24.1 Å². The van der Waals surface area contributed by atoms with Crippen LogP contribution in [-0.4, -0.2) is 30.2 Å². The van der Waals surface area contributed by atoms with Gasteiger partial charge in [-0.25, -0.2) is 4.98 Å². The van der Waals surface area contributed by atoms with Gasteiger partial charge in [0.25, 0.3) is 0 Å². The van der Waals surface area contributed by atoms with Gasteiger partial charge in [-0.15, -0.1) is 28.7 Å². The highest BCUT2D eigenvalue weighted by molar-refractivity contribution is 7.38. The lowest BCUT2D eigenvalue weighted by molar-refractivity contribution is -0.00291. The predicted octanol–water partition coefficient (Wildman–Crippen LogP) is 4.31. The first-order chi connectivity index (χ1) is 12.4. The Morgan fingerprint density at radius 3 is 2.19 bits per heavy atom. The molecule has 0 saturated heterocycles. The third-order valence-electron chi connectivity index (χ3n) is 4.97. The largest absolute Gasteiger partial charge is 0.471 e. The molecular weight excluding hydrogens is 376 g/mol. The first-order valence-corrected chi connectivity index (χ1v) is 9.98. The van der Waals surface area contributed by atoms with Gasteiger partial charge >= 0.3 is 0 Å². The molecule has 27 heavy (non-hydrogen) atoms. The maximum absolute atomic E-state index is 6.12. The standard InChI is InChI=1S/C19H27N5OP2/c1-17(2,3)18(4,5)25-15-8-7-12(9-21-15)13-11-24-14(10-20-13)22-23-16(24)19(6,26)27/h7-11H,26-27H2,1-6H3. The quantitative estimate of drug-likeness (QED) is 0.608. The Morgan fingerprint density at radius 2 is 1.63 bits per heavy atom. The van der Waals surface area contributed by atoms with E-state index in [0.29, 0.717) is 11.5 Å². The topological polar surface area (TPSA) is 65.2 Å². The van der Waals surface area contributed by atoms with Crippen molar-refractivity contribution in [1.29, 1.82) is 0 Å². The van der Waals surface area contributed by atoms with Crippen LogP contribution in [0.15, 0.2) is 30.7 Å². The highest BCUT2D eigenvalue weighted by Gasteiger charge is 2.35. The van der Waals surface area contributed by atoms with Crippen LogP contribution in [0.5, 0.6) is 5.88 Å². The van der Waals surface area contributed by atoms with E-state index in [1.807, 2.05) is 29.7 Å². The Balaban J connectivity index is 1.91. The molecule has 0 fully saturated rings. The van der Waals surface area contributed by atoms with Crippen LogP contribution < -0.4 is 4.74 Å². The van der Waals surface area contributed by atoms with Gasteiger partial charge in [0.2, 0.25) is 5.88 Å². The van der Waals surface area contributed by atoms with Crippen molar-refractivity contribution in [2.45, 2.75) is 52.0 Å². The minimum absolute atomic E-state index is 0.00620. The molecule has 3 aromatic rings. The van der Waals surface area contributed by atoms with Crippen molar-refractivity contribution < 1.29 is 4.74 Å². The summed E-state index contributed by atoms with van der Waals surface area (Å²) in [6.07, 6.45) is 5.45. The number of nitrogens with zero attached hydrogens (tertiary/aromatic N) is 5. The normalized spacial score (nSPS) is 13.2. The molecular formula is C19H27N5OP2. The second kappa shape index (κ2) is 6.76. The molecule has 0 aliphatic carbocycles. The third-order valence-corrected chi connectivity index (χ3v) is 5.49. The molecule has 3 heterocycles. The molecule has 3 aromatic heterocycles. The fraction of sp³-hybridized carbons (Fsp3) is 0.474. The summed E-state index contributed by atoms with van der Waals surface area (Å²) in [6.45, 7) is 12.7. The second-order valence-electron chi connectivity index (χ2n) is 8.55. The molecule has 3 rings (SSSR count). The lowest BCUT2D eigenvalue weighted by Gasteiger charge is -2.38. The summed E-state index contributed by atoms with van der Waals surface area (Å²) >= 11 is 0. The monoisotopic (exact) mass is 403 g/mol. The van der Waals surface area contributed by atoms with Gasteiger partial charge in [0.05, 0.1) is 16.8 Å². The van der Waals surface area contributed by atoms with E-state index in [1.54, 1.807) is 12.4 Å². The average molecular weight is 403 g/mol. The maximum Gasteiger partial charge on any atom is 0.213 e. The highest BCUT2D eigenvalue weighted by Crippen LogP contribution is 2.37. The summed E-state index contributed by atoms with van der Waals surface area (Å²) in [5, 5.41) is 8.46. The molecule has 8 heteroatoms. The zero-order valence-corrected chi connectivity index (χ0v) is 19.0. The van der Waals surface area contributed by atoms with E-state index in [0.717, 1.165) is 17.1 Å². The van der Waals surface area contributed by atoms with Crippen LogP contribution in [0.3, 0.4) is 0 Å². The highest BCUT2D eigenvalue weighted by atomic mass is 31.1. The number of rotatable bonds is 4. The van der Waals surface area contributed by atoms with E-state index in [1.165, 1.54) is 0 Å². The van der Waals surface area contributed by atoms with Gasteiger partial charge in [0, 0.05) is 29.4 Å². The molecule has 0 amide bonds. The van der Waals surface area contributed by atoms with Crippen LogP contribution in [0.4, 0.5) is 0 Å². The van der Waals surface area contributed by atoms with Crippen LogP contribution >= 0.6 is 18.5 Å². The molecule has 0 saturated carbocycles. The van der Waals surface area contributed by atoms with Crippen molar-refractivity contribution in [3.05, 3.63) is 36.5 Å². The summed E-state index contributed by atoms with van der Waals surface area (Å²) in [7, 11) is 5.52. The second-order valence-corrected chi connectivity index (χ2v) is 11.6. The first-order valence-electron chi connectivity index (χ1n) is 8.83. The Bertz CT molecular complexity index is 953. The smallest absolute Gasteiger partial charge is 0.213 e. The van der Waals surface area contributed by atoms with E-state index in [2.05, 4.69) is 73.3 Å². The van der Waals surface area contributed by atoms with Gasteiger partial charge in [-0.3, -0.25) is 9.38 Å². The van der Waals surface area contributed by atoms with E-state index >= 15 is 0 Å². The van der Waals surface area contributed by atoms with E-state index in [9.17, 15) is 0 Å². The van der Waals surface area contributed by atoms with Gasteiger partial charge in [-0.1, -0.05) is 20.8 Å². The molecule has 0 bridgehead atoms. The molecule has 0 aliphatic rings. The number of ether oxygens (including phenoxy) is 1. The van der Waals surface area contributed by atoms with Gasteiger partial charge in [-0.2, -0.15) is 0 Å². The zero-order chi connectivity index (χ0) is 20.0. The molecule has 0 aromatic carbocycles. The Labute approximate surface area is 165 Å². The third kappa shape index (κ3) is 4.12. The van der Waals surface area contributed by atoms with Gasteiger partial charge in [0.1, 0.15) is 5.60 Å². The molecule has 0 radical (unpaired) electrons. The maximum atomic E-state index is 6.12. The Hall–Kier alpha value is -1.64.